The third-order valence-electron chi connectivity index (χ3n) is 3.68. The van der Waals surface area contributed by atoms with Crippen molar-refractivity contribution in [2.45, 2.75) is 25.7 Å². The summed E-state index contributed by atoms with van der Waals surface area (Å²) in [5.41, 5.74) is -0.362. The number of hydrogen-bond donors (Lipinski definition) is 2. The van der Waals surface area contributed by atoms with E-state index >= 15 is 0 Å². The van der Waals surface area contributed by atoms with E-state index in [0.29, 0.717) is 0 Å². The zero-order valence-corrected chi connectivity index (χ0v) is 10.5. The van der Waals surface area contributed by atoms with Crippen molar-refractivity contribution in [3.8, 4) is 0 Å². The van der Waals surface area contributed by atoms with Gasteiger partial charge in [0.1, 0.15) is 5.82 Å². The predicted octanol–water partition coefficient (Wildman–Crippen LogP) is 2.20. The summed E-state index contributed by atoms with van der Waals surface area (Å²) in [7, 11) is 0. The second kappa shape index (κ2) is 5.38. The molecule has 0 spiro atoms. The monoisotopic (exact) mass is 265 g/mol. The number of rotatable bonds is 5. The second-order valence-electron chi connectivity index (χ2n) is 5.09. The van der Waals surface area contributed by atoms with Crippen LogP contribution in [-0.2, 0) is 4.79 Å². The van der Waals surface area contributed by atoms with E-state index in [1.807, 2.05) is 0 Å². The zero-order valence-electron chi connectivity index (χ0n) is 10.5. The summed E-state index contributed by atoms with van der Waals surface area (Å²) in [4.78, 5) is 22.6. The Morgan fingerprint density at radius 3 is 2.53 bits per heavy atom. The number of carbonyl (C=O) groups excluding carboxylic acids is 1. The maximum Gasteiger partial charge on any atom is 0.303 e. The quantitative estimate of drug-likeness (QED) is 0.857. The van der Waals surface area contributed by atoms with E-state index in [4.69, 9.17) is 5.11 Å². The van der Waals surface area contributed by atoms with Crippen molar-refractivity contribution in [2.24, 2.45) is 5.41 Å². The molecular weight excluding hydrogens is 249 g/mol. The molecule has 2 N–H and O–H groups in total. The van der Waals surface area contributed by atoms with E-state index in [1.165, 1.54) is 18.2 Å². The Morgan fingerprint density at radius 2 is 2.00 bits per heavy atom. The van der Waals surface area contributed by atoms with Gasteiger partial charge < -0.3 is 10.4 Å². The smallest absolute Gasteiger partial charge is 0.303 e. The van der Waals surface area contributed by atoms with E-state index in [2.05, 4.69) is 5.32 Å². The molecule has 1 aromatic rings. The summed E-state index contributed by atoms with van der Waals surface area (Å²) in [6, 6.07) is 5.75. The first kappa shape index (κ1) is 13.5. The number of amides is 1. The molecule has 2 rings (SSSR count). The molecule has 0 bridgehead atoms. The highest BCUT2D eigenvalue weighted by atomic mass is 19.1. The van der Waals surface area contributed by atoms with E-state index in [1.54, 1.807) is 6.07 Å². The third-order valence-corrected chi connectivity index (χ3v) is 3.68. The molecular formula is C14H16FNO3. The third kappa shape index (κ3) is 3.10. The van der Waals surface area contributed by atoms with E-state index in [-0.39, 0.29) is 23.9 Å². The van der Waals surface area contributed by atoms with Gasteiger partial charge in [0.05, 0.1) is 12.0 Å². The molecule has 1 aliphatic rings. The van der Waals surface area contributed by atoms with Gasteiger partial charge in [-0.1, -0.05) is 18.6 Å². The highest BCUT2D eigenvalue weighted by molar-refractivity contribution is 5.94. The molecule has 0 saturated heterocycles. The summed E-state index contributed by atoms with van der Waals surface area (Å²) in [6.07, 6.45) is 2.60. The predicted molar refractivity (Wildman–Crippen MR) is 67.3 cm³/mol. The number of aliphatic carboxylic acids is 1. The van der Waals surface area contributed by atoms with Gasteiger partial charge in [-0.15, -0.1) is 0 Å². The van der Waals surface area contributed by atoms with Crippen molar-refractivity contribution in [3.63, 3.8) is 0 Å². The summed E-state index contributed by atoms with van der Waals surface area (Å²) in [5, 5.41) is 11.5. The number of nitrogens with one attached hydrogen (secondary N) is 1. The zero-order chi connectivity index (χ0) is 13.9. The summed E-state index contributed by atoms with van der Waals surface area (Å²) >= 11 is 0. The molecule has 0 heterocycles. The van der Waals surface area contributed by atoms with Crippen LogP contribution >= 0.6 is 0 Å². The molecule has 1 aromatic carbocycles. The van der Waals surface area contributed by atoms with Crippen LogP contribution in [0.2, 0.25) is 0 Å². The van der Waals surface area contributed by atoms with E-state index in [0.717, 1.165) is 19.3 Å². The molecule has 0 unspecified atom stereocenters. The molecule has 19 heavy (non-hydrogen) atoms. The molecule has 102 valence electrons. The van der Waals surface area contributed by atoms with Gasteiger partial charge in [-0.3, -0.25) is 9.59 Å². The van der Waals surface area contributed by atoms with Gasteiger partial charge in [0.25, 0.3) is 5.91 Å². The van der Waals surface area contributed by atoms with E-state index < -0.39 is 17.7 Å². The van der Waals surface area contributed by atoms with Crippen LogP contribution in [0.4, 0.5) is 4.39 Å². The molecule has 5 heteroatoms. The molecule has 1 fully saturated rings. The number of carboxylic acid groups (broad SMARTS) is 1. The number of carbonyl (C=O) groups is 2. The minimum absolute atomic E-state index is 0.00713. The number of hydrogen-bond acceptors (Lipinski definition) is 2. The molecule has 1 aliphatic carbocycles. The van der Waals surface area contributed by atoms with Crippen LogP contribution in [0.5, 0.6) is 0 Å². The summed E-state index contributed by atoms with van der Waals surface area (Å²) in [5.74, 6) is -1.92. The maximum atomic E-state index is 13.4. The Labute approximate surface area is 110 Å². The van der Waals surface area contributed by atoms with Gasteiger partial charge in [-0.25, -0.2) is 4.39 Å². The van der Waals surface area contributed by atoms with Crippen LogP contribution in [-0.4, -0.2) is 23.5 Å². The largest absolute Gasteiger partial charge is 0.481 e. The lowest BCUT2D eigenvalue weighted by atomic mass is 9.66. The Kier molecular flexibility index (Phi) is 3.83. The van der Waals surface area contributed by atoms with Gasteiger partial charge in [-0.05, 0) is 30.4 Å². The Bertz CT molecular complexity index is 497. The van der Waals surface area contributed by atoms with Crippen LogP contribution in [0.1, 0.15) is 36.0 Å². The molecule has 0 radical (unpaired) electrons. The Morgan fingerprint density at radius 1 is 1.32 bits per heavy atom. The Hall–Kier alpha value is -1.91. The fourth-order valence-electron chi connectivity index (χ4n) is 2.42. The highest BCUT2D eigenvalue weighted by Crippen LogP contribution is 2.43. The van der Waals surface area contributed by atoms with Gasteiger partial charge in [0.15, 0.2) is 0 Å². The first-order chi connectivity index (χ1) is 9.02. The SMILES string of the molecule is O=C(O)CC1(CNC(=O)c2ccccc2F)CCC1. The summed E-state index contributed by atoms with van der Waals surface area (Å²) < 4.78 is 13.4. The van der Waals surface area contributed by atoms with Crippen molar-refractivity contribution in [1.29, 1.82) is 0 Å². The minimum atomic E-state index is -0.861. The number of benzene rings is 1. The average molecular weight is 265 g/mol. The average Bonchev–Trinajstić information content (AvgIpc) is 2.32. The lowest BCUT2D eigenvalue weighted by molar-refractivity contribution is -0.141. The van der Waals surface area contributed by atoms with Crippen molar-refractivity contribution >= 4 is 11.9 Å². The number of halogens is 1. The van der Waals surface area contributed by atoms with Crippen LogP contribution in [0, 0.1) is 11.2 Å². The molecule has 1 amide bonds. The molecule has 0 atom stereocenters. The molecule has 0 aromatic heterocycles. The van der Waals surface area contributed by atoms with Gasteiger partial charge in [0, 0.05) is 6.54 Å². The standard InChI is InChI=1S/C14H16FNO3/c15-11-5-2-1-4-10(11)13(19)16-9-14(6-3-7-14)8-12(17)18/h1-2,4-5H,3,6-9H2,(H,16,19)(H,17,18). The van der Waals surface area contributed by atoms with Crippen LogP contribution in [0.3, 0.4) is 0 Å². The topological polar surface area (TPSA) is 66.4 Å². The fourth-order valence-corrected chi connectivity index (χ4v) is 2.42. The van der Waals surface area contributed by atoms with Crippen molar-refractivity contribution in [2.75, 3.05) is 6.54 Å². The van der Waals surface area contributed by atoms with Crippen LogP contribution in [0.25, 0.3) is 0 Å². The van der Waals surface area contributed by atoms with Crippen molar-refractivity contribution < 1.29 is 19.1 Å². The lowest BCUT2D eigenvalue weighted by Gasteiger charge is -2.40. The second-order valence-corrected chi connectivity index (χ2v) is 5.09. The molecule has 1 saturated carbocycles. The fraction of sp³-hybridized carbons (Fsp3) is 0.429. The normalized spacial score (nSPS) is 16.5. The van der Waals surface area contributed by atoms with Crippen molar-refractivity contribution in [3.05, 3.63) is 35.6 Å². The summed E-state index contributed by atoms with van der Waals surface area (Å²) in [6.45, 7) is 0.284. The van der Waals surface area contributed by atoms with Crippen molar-refractivity contribution in [1.82, 2.24) is 5.32 Å². The first-order valence-electron chi connectivity index (χ1n) is 6.27. The van der Waals surface area contributed by atoms with E-state index in [9.17, 15) is 14.0 Å². The molecule has 4 nitrogen and oxygen atoms in total. The minimum Gasteiger partial charge on any atom is -0.481 e. The lowest BCUT2D eigenvalue weighted by Crippen LogP contribution is -2.43. The Balaban J connectivity index is 1.97. The van der Waals surface area contributed by atoms with Gasteiger partial charge in [0.2, 0.25) is 0 Å². The highest BCUT2D eigenvalue weighted by Gasteiger charge is 2.39. The first-order valence-corrected chi connectivity index (χ1v) is 6.27. The van der Waals surface area contributed by atoms with Crippen LogP contribution in [0.15, 0.2) is 24.3 Å². The van der Waals surface area contributed by atoms with Crippen LogP contribution < -0.4 is 5.32 Å². The number of carboxylic acids is 1. The van der Waals surface area contributed by atoms with Gasteiger partial charge >= 0.3 is 5.97 Å². The molecule has 0 aliphatic heterocycles. The maximum absolute atomic E-state index is 13.4. The van der Waals surface area contributed by atoms with Gasteiger partial charge in [-0.2, -0.15) is 0 Å².